The molecule has 0 radical (unpaired) electrons. The molecular weight excluding hydrogens is 262 g/mol. The minimum Gasteiger partial charge on any atom is -0.530 e. The van der Waals surface area contributed by atoms with E-state index in [-0.39, 0.29) is 6.61 Å². The Morgan fingerprint density at radius 2 is 2.15 bits per heavy atom. The average molecular weight is 278 g/mol. The number of hydrogen-bond donors (Lipinski definition) is 2. The molecule has 1 fully saturated rings. The van der Waals surface area contributed by atoms with Crippen molar-refractivity contribution >= 4 is 6.09 Å². The van der Waals surface area contributed by atoms with Crippen molar-refractivity contribution in [2.75, 3.05) is 6.61 Å². The zero-order valence-corrected chi connectivity index (χ0v) is 10.9. The summed E-state index contributed by atoms with van der Waals surface area (Å²) in [6.45, 7) is 0.250. The predicted molar refractivity (Wildman–Crippen MR) is 67.5 cm³/mol. The summed E-state index contributed by atoms with van der Waals surface area (Å²) in [7, 11) is 0. The predicted octanol–water partition coefficient (Wildman–Crippen LogP) is 0.0429. The largest absolute Gasteiger partial charge is 0.530 e. The summed E-state index contributed by atoms with van der Waals surface area (Å²) in [4.78, 5) is 10.6. The van der Waals surface area contributed by atoms with Crippen molar-refractivity contribution in [2.45, 2.75) is 37.0 Å². The van der Waals surface area contributed by atoms with Gasteiger partial charge in [-0.25, -0.2) is 0 Å². The van der Waals surface area contributed by atoms with Crippen LogP contribution in [0.2, 0.25) is 0 Å². The molecule has 1 aliphatic heterocycles. The number of carbonyl (C=O) groups is 1. The highest BCUT2D eigenvalue weighted by molar-refractivity contribution is 5.64. The van der Waals surface area contributed by atoms with Crippen molar-refractivity contribution in [3.8, 4) is 11.5 Å². The van der Waals surface area contributed by atoms with E-state index in [1.165, 1.54) is 0 Å². The fraction of sp³-hybridized carbons (Fsp3) is 0.500. The molecule has 2 unspecified atom stereocenters. The number of aliphatic hydroxyl groups is 1. The number of carboxylic acid groups (broad SMARTS) is 1. The Labute approximate surface area is 116 Å². The molecule has 3 rings (SSSR count). The first-order chi connectivity index (χ1) is 9.58. The summed E-state index contributed by atoms with van der Waals surface area (Å²) in [5.41, 5.74) is -0.557. The first-order valence-electron chi connectivity index (χ1n) is 6.64. The second kappa shape index (κ2) is 4.86. The van der Waals surface area contributed by atoms with Gasteiger partial charge in [-0.3, -0.25) is 0 Å². The molecule has 1 amide bonds. The zero-order valence-electron chi connectivity index (χ0n) is 10.9. The molecule has 1 saturated carbocycles. The van der Waals surface area contributed by atoms with E-state index >= 15 is 0 Å². The molecule has 2 N–H and O–H groups in total. The Hall–Kier alpha value is -1.95. The number of para-hydroxylation sites is 2. The molecule has 2 atom stereocenters. The van der Waals surface area contributed by atoms with Gasteiger partial charge in [-0.15, -0.1) is 0 Å². The summed E-state index contributed by atoms with van der Waals surface area (Å²) in [6, 6.07) is 7.26. The van der Waals surface area contributed by atoms with Crippen LogP contribution in [-0.2, 0) is 0 Å². The van der Waals surface area contributed by atoms with Crippen molar-refractivity contribution in [1.82, 2.24) is 5.32 Å². The summed E-state index contributed by atoms with van der Waals surface area (Å²) < 4.78 is 11.2. The molecule has 0 saturated heterocycles. The topological polar surface area (TPSA) is 90.9 Å². The SMILES string of the molecule is O=C([O-])NC1(CC(O)C2COc3ccccc3O2)CC1. The third-order valence-corrected chi connectivity index (χ3v) is 3.78. The summed E-state index contributed by atoms with van der Waals surface area (Å²) >= 11 is 0. The first kappa shape index (κ1) is 13.1. The second-order valence-electron chi connectivity index (χ2n) is 5.38. The molecule has 1 heterocycles. The molecular formula is C14H16NO5-. The van der Waals surface area contributed by atoms with Crippen LogP contribution in [0.5, 0.6) is 11.5 Å². The van der Waals surface area contributed by atoms with E-state index in [9.17, 15) is 15.0 Å². The van der Waals surface area contributed by atoms with Gasteiger partial charge < -0.3 is 29.8 Å². The molecule has 1 aliphatic carbocycles. The van der Waals surface area contributed by atoms with Crippen LogP contribution in [0.15, 0.2) is 24.3 Å². The molecule has 0 aromatic heterocycles. The lowest BCUT2D eigenvalue weighted by atomic mass is 10.0. The van der Waals surface area contributed by atoms with Crippen LogP contribution >= 0.6 is 0 Å². The number of rotatable bonds is 4. The third-order valence-electron chi connectivity index (χ3n) is 3.78. The van der Waals surface area contributed by atoms with Gasteiger partial charge >= 0.3 is 0 Å². The van der Waals surface area contributed by atoms with Gasteiger partial charge in [0.05, 0.1) is 6.10 Å². The van der Waals surface area contributed by atoms with Crippen molar-refractivity contribution in [3.63, 3.8) is 0 Å². The molecule has 20 heavy (non-hydrogen) atoms. The minimum atomic E-state index is -1.30. The summed E-state index contributed by atoms with van der Waals surface area (Å²) in [5.74, 6) is 1.26. The normalized spacial score (nSPS) is 23.8. The van der Waals surface area contributed by atoms with Crippen molar-refractivity contribution in [3.05, 3.63) is 24.3 Å². The highest BCUT2D eigenvalue weighted by Gasteiger charge is 2.46. The van der Waals surface area contributed by atoms with Crippen LogP contribution in [0.4, 0.5) is 4.79 Å². The van der Waals surface area contributed by atoms with E-state index in [1.807, 2.05) is 12.1 Å². The molecule has 0 bridgehead atoms. The minimum absolute atomic E-state index is 0.250. The highest BCUT2D eigenvalue weighted by atomic mass is 16.6. The maximum atomic E-state index is 10.6. The number of fused-ring (bicyclic) bond motifs is 1. The first-order valence-corrected chi connectivity index (χ1v) is 6.64. The Bertz CT molecular complexity index is 514. The van der Waals surface area contributed by atoms with Gasteiger partial charge in [-0.1, -0.05) is 12.1 Å². The second-order valence-corrected chi connectivity index (χ2v) is 5.38. The van der Waals surface area contributed by atoms with E-state index in [4.69, 9.17) is 9.47 Å². The van der Waals surface area contributed by atoms with E-state index in [0.717, 1.165) is 0 Å². The van der Waals surface area contributed by atoms with Crippen LogP contribution in [0.3, 0.4) is 0 Å². The number of aliphatic hydroxyl groups excluding tert-OH is 1. The third kappa shape index (κ3) is 2.65. The lowest BCUT2D eigenvalue weighted by Gasteiger charge is -2.31. The van der Waals surface area contributed by atoms with Crippen LogP contribution < -0.4 is 19.9 Å². The molecule has 6 heteroatoms. The summed E-state index contributed by atoms with van der Waals surface area (Å²) in [5, 5.41) is 23.2. The van der Waals surface area contributed by atoms with Gasteiger partial charge in [-0.2, -0.15) is 0 Å². The van der Waals surface area contributed by atoms with Crippen LogP contribution in [-0.4, -0.2) is 35.6 Å². The number of benzene rings is 1. The van der Waals surface area contributed by atoms with Crippen LogP contribution in [0, 0.1) is 0 Å². The fourth-order valence-electron chi connectivity index (χ4n) is 2.50. The highest BCUT2D eigenvalue weighted by Crippen LogP contribution is 2.41. The van der Waals surface area contributed by atoms with Crippen molar-refractivity contribution < 1.29 is 24.5 Å². The Morgan fingerprint density at radius 3 is 2.80 bits per heavy atom. The summed E-state index contributed by atoms with van der Waals surface area (Å²) in [6.07, 6.45) is -0.869. The molecule has 108 valence electrons. The van der Waals surface area contributed by atoms with Gasteiger partial charge in [0.2, 0.25) is 0 Å². The number of nitrogens with one attached hydrogen (secondary N) is 1. The van der Waals surface area contributed by atoms with Crippen molar-refractivity contribution in [2.24, 2.45) is 0 Å². The molecule has 1 aromatic rings. The monoisotopic (exact) mass is 278 g/mol. The Morgan fingerprint density at radius 1 is 1.45 bits per heavy atom. The maximum Gasteiger partial charge on any atom is 0.161 e. The number of ether oxygens (including phenoxy) is 2. The van der Waals surface area contributed by atoms with E-state index in [2.05, 4.69) is 5.32 Å². The van der Waals surface area contributed by atoms with E-state index in [0.29, 0.717) is 30.8 Å². The van der Waals surface area contributed by atoms with Crippen molar-refractivity contribution in [1.29, 1.82) is 0 Å². The Balaban J connectivity index is 1.62. The lowest BCUT2D eigenvalue weighted by molar-refractivity contribution is -0.252. The Kier molecular flexibility index (Phi) is 3.17. The quantitative estimate of drug-likeness (QED) is 0.811. The standard InChI is InChI=1S/C14H17NO5/c16-9(7-14(5-6-14)15-13(17)18)12-8-19-10-3-1-2-4-11(10)20-12/h1-4,9,12,15-16H,5-8H2,(H,17,18)/p-1. The van der Waals surface area contributed by atoms with Gasteiger partial charge in [0.1, 0.15) is 12.7 Å². The average Bonchev–Trinajstić information content (AvgIpc) is 3.16. The van der Waals surface area contributed by atoms with E-state index in [1.54, 1.807) is 12.1 Å². The lowest BCUT2D eigenvalue weighted by Crippen LogP contribution is -2.49. The van der Waals surface area contributed by atoms with E-state index < -0.39 is 23.8 Å². The van der Waals surface area contributed by atoms with Crippen LogP contribution in [0.1, 0.15) is 19.3 Å². The fourth-order valence-corrected chi connectivity index (χ4v) is 2.50. The van der Waals surface area contributed by atoms with Gasteiger partial charge in [-0.05, 0) is 25.0 Å². The molecule has 6 nitrogen and oxygen atoms in total. The van der Waals surface area contributed by atoms with Gasteiger partial charge in [0.15, 0.2) is 17.6 Å². The molecule has 1 aromatic carbocycles. The smallest absolute Gasteiger partial charge is 0.161 e. The number of carbonyl (C=O) groups excluding carboxylic acids is 1. The zero-order chi connectivity index (χ0) is 14.2. The number of amides is 1. The van der Waals surface area contributed by atoms with Crippen LogP contribution in [0.25, 0.3) is 0 Å². The van der Waals surface area contributed by atoms with Gasteiger partial charge in [0, 0.05) is 12.0 Å². The molecule has 0 spiro atoms. The number of hydrogen-bond acceptors (Lipinski definition) is 5. The maximum absolute atomic E-state index is 10.6. The van der Waals surface area contributed by atoms with Gasteiger partial charge in [0.25, 0.3) is 0 Å². The molecule has 2 aliphatic rings.